The molecule has 3 aromatic rings. The number of carbonyl (C=O) groups excluding carboxylic acids is 1. The summed E-state index contributed by atoms with van der Waals surface area (Å²) < 4.78 is 7.29. The Bertz CT molecular complexity index is 888. The molecule has 0 bridgehead atoms. The summed E-state index contributed by atoms with van der Waals surface area (Å²) in [4.78, 5) is 20.8. The molecule has 0 aliphatic carbocycles. The summed E-state index contributed by atoms with van der Waals surface area (Å²) in [5.74, 6) is 1.91. The van der Waals surface area contributed by atoms with Gasteiger partial charge in [-0.05, 0) is 33.6 Å². The van der Waals surface area contributed by atoms with Gasteiger partial charge >= 0.3 is 0 Å². The number of hydrogen-bond donors (Lipinski definition) is 0. The zero-order valence-electron chi connectivity index (χ0n) is 14.1. The van der Waals surface area contributed by atoms with Gasteiger partial charge in [0.15, 0.2) is 0 Å². The Labute approximate surface area is 144 Å². The molecule has 0 aromatic carbocycles. The van der Waals surface area contributed by atoms with Crippen LogP contribution < -0.4 is 0 Å². The van der Waals surface area contributed by atoms with Gasteiger partial charge in [-0.15, -0.1) is 11.3 Å². The minimum Gasteiger partial charge on any atom is -0.361 e. The summed E-state index contributed by atoms with van der Waals surface area (Å²) in [6, 6.07) is 0. The number of rotatable bonds is 2. The second kappa shape index (κ2) is 5.73. The van der Waals surface area contributed by atoms with Gasteiger partial charge in [0, 0.05) is 30.6 Å². The fourth-order valence-corrected chi connectivity index (χ4v) is 4.54. The molecule has 1 aliphatic heterocycles. The van der Waals surface area contributed by atoms with E-state index in [1.807, 2.05) is 18.7 Å². The lowest BCUT2D eigenvalue weighted by molar-refractivity contribution is 0.0704. The van der Waals surface area contributed by atoms with Crippen molar-refractivity contribution in [2.24, 2.45) is 0 Å². The van der Waals surface area contributed by atoms with Crippen molar-refractivity contribution in [3.05, 3.63) is 40.1 Å². The SMILES string of the molecule is Cc1noc(C)c1C(=O)N1CCC[C@@H](c2nc(C)n3ccsc23)C1. The average Bonchev–Trinajstić information content (AvgIpc) is 3.25. The fourth-order valence-electron chi connectivity index (χ4n) is 3.59. The first-order valence-corrected chi connectivity index (χ1v) is 9.08. The molecule has 4 heterocycles. The Morgan fingerprint density at radius 2 is 2.21 bits per heavy atom. The largest absolute Gasteiger partial charge is 0.361 e. The van der Waals surface area contributed by atoms with E-state index >= 15 is 0 Å². The van der Waals surface area contributed by atoms with Crippen LogP contribution in [0.25, 0.3) is 4.83 Å². The van der Waals surface area contributed by atoms with Crippen LogP contribution in [0.2, 0.25) is 0 Å². The number of imidazole rings is 1. The lowest BCUT2D eigenvalue weighted by Crippen LogP contribution is -2.39. The molecule has 1 amide bonds. The zero-order chi connectivity index (χ0) is 16.8. The molecule has 0 N–H and O–H groups in total. The summed E-state index contributed by atoms with van der Waals surface area (Å²) in [6.45, 7) is 7.12. The second-order valence-electron chi connectivity index (χ2n) is 6.41. The summed E-state index contributed by atoms with van der Waals surface area (Å²) in [5, 5.41) is 6.00. The van der Waals surface area contributed by atoms with Gasteiger partial charge in [0.25, 0.3) is 5.91 Å². The van der Waals surface area contributed by atoms with Gasteiger partial charge in [-0.1, -0.05) is 5.16 Å². The number of piperidine rings is 1. The van der Waals surface area contributed by atoms with E-state index in [1.165, 1.54) is 4.83 Å². The molecule has 0 saturated carbocycles. The fraction of sp³-hybridized carbons (Fsp3) is 0.471. The molecule has 1 fully saturated rings. The maximum Gasteiger partial charge on any atom is 0.259 e. The first kappa shape index (κ1) is 15.4. The first-order chi connectivity index (χ1) is 11.6. The van der Waals surface area contributed by atoms with Crippen molar-refractivity contribution in [1.82, 2.24) is 19.4 Å². The van der Waals surface area contributed by atoms with Crippen LogP contribution in [0.4, 0.5) is 0 Å². The third kappa shape index (κ3) is 2.34. The van der Waals surface area contributed by atoms with Crippen molar-refractivity contribution in [2.45, 2.75) is 39.5 Å². The number of amides is 1. The maximum atomic E-state index is 12.9. The molecule has 3 aromatic heterocycles. The van der Waals surface area contributed by atoms with Crippen LogP contribution in [0.15, 0.2) is 16.1 Å². The number of aryl methyl sites for hydroxylation is 3. The number of thiazole rings is 1. The van der Waals surface area contributed by atoms with Crippen molar-refractivity contribution < 1.29 is 9.32 Å². The molecule has 4 rings (SSSR count). The first-order valence-electron chi connectivity index (χ1n) is 8.20. The summed E-state index contributed by atoms with van der Waals surface area (Å²) in [6.07, 6.45) is 4.11. The number of fused-ring (bicyclic) bond motifs is 1. The molecule has 0 radical (unpaired) electrons. The highest BCUT2D eigenvalue weighted by molar-refractivity contribution is 7.15. The standard InChI is InChI=1S/C17H20N4O2S/c1-10-14(11(2)23-19-10)16(22)20-6-4-5-13(9-20)15-17-21(7-8-24-17)12(3)18-15/h7-8,13H,4-6,9H2,1-3H3/t13-/m1/s1. The van der Waals surface area contributed by atoms with Crippen LogP contribution >= 0.6 is 11.3 Å². The molecular weight excluding hydrogens is 324 g/mol. The molecule has 6 nitrogen and oxygen atoms in total. The predicted octanol–water partition coefficient (Wildman–Crippen LogP) is 3.33. The van der Waals surface area contributed by atoms with E-state index in [1.54, 1.807) is 18.3 Å². The van der Waals surface area contributed by atoms with Crippen molar-refractivity contribution in [3.8, 4) is 0 Å². The average molecular weight is 344 g/mol. The quantitative estimate of drug-likeness (QED) is 0.715. The Morgan fingerprint density at radius 3 is 2.96 bits per heavy atom. The van der Waals surface area contributed by atoms with Gasteiger partial charge in [0.1, 0.15) is 22.0 Å². The summed E-state index contributed by atoms with van der Waals surface area (Å²) in [7, 11) is 0. The Morgan fingerprint density at radius 1 is 1.38 bits per heavy atom. The third-order valence-electron chi connectivity index (χ3n) is 4.80. The maximum absolute atomic E-state index is 12.9. The van der Waals surface area contributed by atoms with Crippen molar-refractivity contribution in [3.63, 3.8) is 0 Å². The van der Waals surface area contributed by atoms with Gasteiger partial charge in [0.05, 0.1) is 11.4 Å². The number of nitrogens with zero attached hydrogens (tertiary/aromatic N) is 4. The van der Waals surface area contributed by atoms with Crippen LogP contribution in [0.3, 0.4) is 0 Å². The molecule has 24 heavy (non-hydrogen) atoms. The lowest BCUT2D eigenvalue weighted by atomic mass is 9.94. The summed E-state index contributed by atoms with van der Waals surface area (Å²) >= 11 is 1.71. The van der Waals surface area contributed by atoms with E-state index in [2.05, 4.69) is 21.1 Å². The van der Waals surface area contributed by atoms with Crippen LogP contribution in [0.1, 0.15) is 52.1 Å². The predicted molar refractivity (Wildman–Crippen MR) is 91.7 cm³/mol. The molecule has 0 unspecified atom stereocenters. The van der Waals surface area contributed by atoms with Crippen molar-refractivity contribution in [1.29, 1.82) is 0 Å². The van der Waals surface area contributed by atoms with Gasteiger partial charge in [0.2, 0.25) is 0 Å². The number of carbonyl (C=O) groups is 1. The molecule has 1 saturated heterocycles. The Kier molecular flexibility index (Phi) is 3.68. The molecule has 1 atom stereocenters. The second-order valence-corrected chi connectivity index (χ2v) is 7.31. The van der Waals surface area contributed by atoms with Crippen molar-refractivity contribution >= 4 is 22.1 Å². The van der Waals surface area contributed by atoms with E-state index in [0.717, 1.165) is 30.9 Å². The van der Waals surface area contributed by atoms with Crippen LogP contribution in [-0.2, 0) is 0 Å². The highest BCUT2D eigenvalue weighted by atomic mass is 32.1. The Balaban J connectivity index is 1.62. The number of likely N-dealkylation sites (tertiary alicyclic amines) is 1. The van der Waals surface area contributed by atoms with E-state index in [9.17, 15) is 4.79 Å². The lowest BCUT2D eigenvalue weighted by Gasteiger charge is -2.32. The minimum atomic E-state index is 0.0225. The van der Waals surface area contributed by atoms with Crippen LogP contribution in [-0.4, -0.2) is 38.4 Å². The number of aromatic nitrogens is 3. The third-order valence-corrected chi connectivity index (χ3v) is 5.69. The topological polar surface area (TPSA) is 63.6 Å². The zero-order valence-corrected chi connectivity index (χ0v) is 14.9. The molecule has 0 spiro atoms. The van der Waals surface area contributed by atoms with Gasteiger partial charge in [-0.3, -0.25) is 9.20 Å². The monoisotopic (exact) mass is 344 g/mol. The molecule has 7 heteroatoms. The normalized spacial score (nSPS) is 18.5. The van der Waals surface area contributed by atoms with Crippen LogP contribution in [0.5, 0.6) is 0 Å². The van der Waals surface area contributed by atoms with Crippen molar-refractivity contribution in [2.75, 3.05) is 13.1 Å². The van der Waals surface area contributed by atoms with E-state index in [0.29, 0.717) is 23.6 Å². The molecule has 126 valence electrons. The van der Waals surface area contributed by atoms with E-state index in [-0.39, 0.29) is 11.8 Å². The van der Waals surface area contributed by atoms with E-state index in [4.69, 9.17) is 9.51 Å². The van der Waals surface area contributed by atoms with Gasteiger partial charge in [-0.25, -0.2) is 4.98 Å². The highest BCUT2D eigenvalue weighted by Gasteiger charge is 2.31. The minimum absolute atomic E-state index is 0.0225. The van der Waals surface area contributed by atoms with Crippen LogP contribution in [0, 0.1) is 20.8 Å². The van der Waals surface area contributed by atoms with Gasteiger partial charge < -0.3 is 9.42 Å². The molecule has 1 aliphatic rings. The summed E-state index contributed by atoms with van der Waals surface area (Å²) in [5.41, 5.74) is 2.40. The smallest absolute Gasteiger partial charge is 0.259 e. The van der Waals surface area contributed by atoms with Gasteiger partial charge in [-0.2, -0.15) is 0 Å². The molecular formula is C17H20N4O2S. The number of hydrogen-bond acceptors (Lipinski definition) is 5. The van der Waals surface area contributed by atoms with E-state index < -0.39 is 0 Å². The Hall–Kier alpha value is -2.15. The highest BCUT2D eigenvalue weighted by Crippen LogP contribution is 2.32.